The number of nitrogens with zero attached hydrogens (tertiary/aromatic N) is 3. The summed E-state index contributed by atoms with van der Waals surface area (Å²) in [7, 11) is 1.91. The maximum absolute atomic E-state index is 11.4. The molecule has 5 nitrogen and oxygen atoms in total. The first-order valence-electron chi connectivity index (χ1n) is 7.73. The van der Waals surface area contributed by atoms with Crippen LogP contribution in [0.2, 0.25) is 5.02 Å². The number of hydrogen-bond donors (Lipinski definition) is 1. The number of aryl methyl sites for hydroxylation is 2. The molecule has 1 aliphatic rings. The Kier molecular flexibility index (Phi) is 4.31. The van der Waals surface area contributed by atoms with E-state index in [0.717, 1.165) is 24.4 Å². The van der Waals surface area contributed by atoms with Crippen molar-refractivity contribution in [2.24, 2.45) is 7.05 Å². The fourth-order valence-corrected chi connectivity index (χ4v) is 3.47. The molecule has 0 saturated heterocycles. The van der Waals surface area contributed by atoms with Crippen molar-refractivity contribution in [2.75, 3.05) is 11.4 Å². The first-order chi connectivity index (χ1) is 11.0. The molecule has 0 bridgehead atoms. The van der Waals surface area contributed by atoms with E-state index in [1.54, 1.807) is 6.92 Å². The van der Waals surface area contributed by atoms with E-state index in [0.29, 0.717) is 11.6 Å². The van der Waals surface area contributed by atoms with Crippen molar-refractivity contribution < 1.29 is 4.79 Å². The lowest BCUT2D eigenvalue weighted by Crippen LogP contribution is -2.47. The minimum absolute atomic E-state index is 0.00346. The third kappa shape index (κ3) is 3.20. The van der Waals surface area contributed by atoms with Crippen LogP contribution in [0, 0.1) is 6.92 Å². The minimum atomic E-state index is 0.00346. The Hall–Kier alpha value is -2.01. The number of anilines is 1. The molecule has 3 rings (SSSR count). The highest BCUT2D eigenvalue weighted by molar-refractivity contribution is 6.31. The topological polar surface area (TPSA) is 50.2 Å². The minimum Gasteiger partial charge on any atom is -0.363 e. The van der Waals surface area contributed by atoms with E-state index in [4.69, 9.17) is 11.6 Å². The average Bonchev–Trinajstić information content (AvgIpc) is 2.73. The van der Waals surface area contributed by atoms with Crippen molar-refractivity contribution in [2.45, 2.75) is 32.9 Å². The molecular formula is C17H21ClN4O. The van der Waals surface area contributed by atoms with Crippen molar-refractivity contribution in [1.29, 1.82) is 0 Å². The van der Waals surface area contributed by atoms with Crippen molar-refractivity contribution in [3.63, 3.8) is 0 Å². The molecule has 2 heterocycles. The number of aromatic nitrogens is 2. The third-order valence-corrected chi connectivity index (χ3v) is 4.74. The molecule has 122 valence electrons. The third-order valence-electron chi connectivity index (χ3n) is 4.25. The van der Waals surface area contributed by atoms with Gasteiger partial charge in [-0.1, -0.05) is 29.8 Å². The van der Waals surface area contributed by atoms with E-state index >= 15 is 0 Å². The summed E-state index contributed by atoms with van der Waals surface area (Å²) in [6, 6.07) is 8.42. The Morgan fingerprint density at radius 2 is 2.17 bits per heavy atom. The summed E-state index contributed by atoms with van der Waals surface area (Å²) in [5.41, 5.74) is 4.27. The molecule has 0 saturated carbocycles. The van der Waals surface area contributed by atoms with Gasteiger partial charge in [0.2, 0.25) is 5.91 Å². The second-order valence-corrected chi connectivity index (χ2v) is 6.46. The summed E-state index contributed by atoms with van der Waals surface area (Å²) in [4.78, 5) is 13.7. The SMILES string of the molecule is CC(=O)NC1Cc2ccccc2N(Cc2c(Cl)c(C)nn2C)C1. The van der Waals surface area contributed by atoms with Crippen LogP contribution in [0.3, 0.4) is 0 Å². The van der Waals surface area contributed by atoms with Crippen LogP contribution >= 0.6 is 11.6 Å². The summed E-state index contributed by atoms with van der Waals surface area (Å²) in [6.07, 6.45) is 0.852. The maximum atomic E-state index is 11.4. The van der Waals surface area contributed by atoms with Crippen LogP contribution in [-0.2, 0) is 24.8 Å². The standard InChI is InChI=1S/C17H21ClN4O/c1-11-17(18)16(21(3)20-11)10-22-9-14(19-12(2)23)8-13-6-4-5-7-15(13)22/h4-7,14H,8-10H2,1-3H3,(H,19,23). The number of carbonyl (C=O) groups excluding carboxylic acids is 1. The smallest absolute Gasteiger partial charge is 0.217 e. The number of amides is 1. The largest absolute Gasteiger partial charge is 0.363 e. The van der Waals surface area contributed by atoms with Crippen molar-refractivity contribution in [1.82, 2.24) is 15.1 Å². The van der Waals surface area contributed by atoms with Crippen LogP contribution in [0.1, 0.15) is 23.9 Å². The summed E-state index contributed by atoms with van der Waals surface area (Å²) in [5.74, 6) is 0.00346. The number of hydrogen-bond acceptors (Lipinski definition) is 3. The maximum Gasteiger partial charge on any atom is 0.217 e. The fraction of sp³-hybridized carbons (Fsp3) is 0.412. The van der Waals surface area contributed by atoms with Gasteiger partial charge in [0.25, 0.3) is 0 Å². The van der Waals surface area contributed by atoms with Gasteiger partial charge in [0.15, 0.2) is 0 Å². The Balaban J connectivity index is 1.91. The summed E-state index contributed by atoms with van der Waals surface area (Å²) < 4.78 is 1.84. The quantitative estimate of drug-likeness (QED) is 0.939. The van der Waals surface area contributed by atoms with Gasteiger partial charge in [-0.15, -0.1) is 0 Å². The van der Waals surface area contributed by atoms with Crippen molar-refractivity contribution in [3.05, 3.63) is 46.2 Å². The molecule has 1 N–H and O–H groups in total. The zero-order valence-electron chi connectivity index (χ0n) is 13.6. The van der Waals surface area contributed by atoms with Gasteiger partial charge < -0.3 is 10.2 Å². The van der Waals surface area contributed by atoms with Gasteiger partial charge in [-0.2, -0.15) is 5.10 Å². The highest BCUT2D eigenvalue weighted by atomic mass is 35.5. The van der Waals surface area contributed by atoms with Gasteiger partial charge in [-0.3, -0.25) is 9.48 Å². The van der Waals surface area contributed by atoms with Crippen molar-refractivity contribution >= 4 is 23.2 Å². The van der Waals surface area contributed by atoms with Gasteiger partial charge in [0, 0.05) is 26.2 Å². The molecule has 0 aliphatic carbocycles. The molecule has 1 unspecified atom stereocenters. The van der Waals surface area contributed by atoms with Gasteiger partial charge in [0.1, 0.15) is 0 Å². The molecule has 1 aromatic carbocycles. The lowest BCUT2D eigenvalue weighted by Gasteiger charge is -2.36. The first-order valence-corrected chi connectivity index (χ1v) is 8.11. The highest BCUT2D eigenvalue weighted by Crippen LogP contribution is 2.30. The van der Waals surface area contributed by atoms with E-state index in [1.165, 1.54) is 11.3 Å². The van der Waals surface area contributed by atoms with Gasteiger partial charge in [-0.25, -0.2) is 0 Å². The van der Waals surface area contributed by atoms with Gasteiger partial charge in [-0.05, 0) is 25.0 Å². The Morgan fingerprint density at radius 3 is 2.83 bits per heavy atom. The number of carbonyl (C=O) groups is 1. The number of rotatable bonds is 3. The molecule has 0 fully saturated rings. The predicted molar refractivity (Wildman–Crippen MR) is 91.8 cm³/mol. The van der Waals surface area contributed by atoms with Crippen LogP contribution in [0.25, 0.3) is 0 Å². The Morgan fingerprint density at radius 1 is 1.43 bits per heavy atom. The van der Waals surface area contributed by atoms with Crippen LogP contribution in [0.15, 0.2) is 24.3 Å². The second-order valence-electron chi connectivity index (χ2n) is 6.08. The molecule has 1 aliphatic heterocycles. The number of fused-ring (bicyclic) bond motifs is 1. The molecule has 0 radical (unpaired) electrons. The zero-order chi connectivity index (χ0) is 16.6. The lowest BCUT2D eigenvalue weighted by atomic mass is 9.97. The molecule has 6 heteroatoms. The van der Waals surface area contributed by atoms with E-state index in [1.807, 2.05) is 30.8 Å². The Labute approximate surface area is 141 Å². The van der Waals surface area contributed by atoms with Crippen LogP contribution in [0.5, 0.6) is 0 Å². The zero-order valence-corrected chi connectivity index (χ0v) is 14.4. The summed E-state index contributed by atoms with van der Waals surface area (Å²) in [6.45, 7) is 4.91. The number of halogens is 1. The summed E-state index contributed by atoms with van der Waals surface area (Å²) >= 11 is 6.40. The molecule has 23 heavy (non-hydrogen) atoms. The monoisotopic (exact) mass is 332 g/mol. The Bertz CT molecular complexity index is 740. The van der Waals surface area contributed by atoms with Crippen molar-refractivity contribution in [3.8, 4) is 0 Å². The van der Waals surface area contributed by atoms with Crippen LogP contribution in [0.4, 0.5) is 5.69 Å². The van der Waals surface area contributed by atoms with Gasteiger partial charge in [0.05, 0.1) is 29.0 Å². The number of para-hydroxylation sites is 1. The normalized spacial score (nSPS) is 17.0. The lowest BCUT2D eigenvalue weighted by molar-refractivity contribution is -0.119. The van der Waals surface area contributed by atoms with Gasteiger partial charge >= 0.3 is 0 Å². The van der Waals surface area contributed by atoms with E-state index in [-0.39, 0.29) is 11.9 Å². The average molecular weight is 333 g/mol. The summed E-state index contributed by atoms with van der Waals surface area (Å²) in [5, 5.41) is 8.14. The van der Waals surface area contributed by atoms with Crippen LogP contribution < -0.4 is 10.2 Å². The number of benzene rings is 1. The first kappa shape index (κ1) is 15.9. The van der Waals surface area contributed by atoms with E-state index < -0.39 is 0 Å². The molecular weight excluding hydrogens is 312 g/mol. The second kappa shape index (κ2) is 6.24. The predicted octanol–water partition coefficient (Wildman–Crippen LogP) is 2.45. The number of nitrogens with one attached hydrogen (secondary N) is 1. The molecule has 1 atom stereocenters. The molecule has 0 spiro atoms. The molecule has 2 aromatic rings. The van der Waals surface area contributed by atoms with E-state index in [2.05, 4.69) is 27.4 Å². The molecule has 1 aromatic heterocycles. The van der Waals surface area contributed by atoms with E-state index in [9.17, 15) is 4.79 Å². The molecule has 1 amide bonds. The highest BCUT2D eigenvalue weighted by Gasteiger charge is 2.26. The fourth-order valence-electron chi connectivity index (χ4n) is 3.25. The van der Waals surface area contributed by atoms with Crippen LogP contribution in [-0.4, -0.2) is 28.3 Å².